The molecule has 4 aromatic rings. The molecule has 0 atom stereocenters. The number of aromatic nitrogens is 5. The Hall–Kier alpha value is -3.48. The first-order valence-electron chi connectivity index (χ1n) is 7.84. The topological polar surface area (TPSA) is 85.7 Å². The predicted molar refractivity (Wildman–Crippen MR) is 91.0 cm³/mol. The molecule has 4 rings (SSSR count). The highest BCUT2D eigenvalue weighted by molar-refractivity contribution is 5.87. The average molecular weight is 333 g/mol. The largest absolute Gasteiger partial charge is 0.457 e. The summed E-state index contributed by atoms with van der Waals surface area (Å²) in [7, 11) is 0. The minimum Gasteiger partial charge on any atom is -0.457 e. The fourth-order valence-corrected chi connectivity index (χ4v) is 2.69. The molecule has 2 aromatic heterocycles. The summed E-state index contributed by atoms with van der Waals surface area (Å²) in [4.78, 5) is 15.3. The van der Waals surface area contributed by atoms with Crippen molar-refractivity contribution in [3.8, 4) is 5.69 Å². The zero-order valence-corrected chi connectivity index (χ0v) is 13.3. The Bertz CT molecular complexity index is 1010. The molecular formula is C18H15N5O2. The number of nitrogens with zero attached hydrogens (tertiary/aromatic N) is 4. The molecule has 0 fully saturated rings. The molecule has 0 saturated carbocycles. The summed E-state index contributed by atoms with van der Waals surface area (Å²) in [6.07, 6.45) is 2.02. The predicted octanol–water partition coefficient (Wildman–Crippen LogP) is 2.43. The number of fused-ring (bicyclic) bond motifs is 1. The van der Waals surface area contributed by atoms with Crippen LogP contribution in [0.4, 0.5) is 0 Å². The molecule has 0 aliphatic carbocycles. The number of tetrazole rings is 1. The number of hydrogen-bond acceptors (Lipinski definition) is 5. The Labute approximate surface area is 143 Å². The summed E-state index contributed by atoms with van der Waals surface area (Å²) in [5.41, 5.74) is 2.72. The Morgan fingerprint density at radius 2 is 1.88 bits per heavy atom. The van der Waals surface area contributed by atoms with Gasteiger partial charge in [-0.05, 0) is 34.2 Å². The van der Waals surface area contributed by atoms with Crippen LogP contribution in [0.1, 0.15) is 11.4 Å². The number of esters is 1. The van der Waals surface area contributed by atoms with E-state index >= 15 is 0 Å². The van der Waals surface area contributed by atoms with Gasteiger partial charge in [-0.3, -0.25) is 4.79 Å². The maximum Gasteiger partial charge on any atom is 0.310 e. The van der Waals surface area contributed by atoms with E-state index in [0.717, 1.165) is 22.2 Å². The third kappa shape index (κ3) is 3.12. The van der Waals surface area contributed by atoms with Crippen LogP contribution in [0, 0.1) is 0 Å². The molecule has 7 heteroatoms. The molecule has 0 bridgehead atoms. The van der Waals surface area contributed by atoms with Crippen molar-refractivity contribution >= 4 is 16.9 Å². The van der Waals surface area contributed by atoms with Crippen LogP contribution in [0.5, 0.6) is 0 Å². The van der Waals surface area contributed by atoms with Crippen molar-refractivity contribution in [1.29, 1.82) is 0 Å². The zero-order chi connectivity index (χ0) is 17.1. The average Bonchev–Trinajstić information content (AvgIpc) is 3.28. The fraction of sp³-hybridized carbons (Fsp3) is 0.111. The zero-order valence-electron chi connectivity index (χ0n) is 13.3. The van der Waals surface area contributed by atoms with E-state index in [9.17, 15) is 4.79 Å². The standard InChI is InChI=1S/C18H15N5O2/c24-18(10-13-11-19-16-9-5-4-8-15(13)16)25-12-17-20-21-22-23(17)14-6-2-1-3-7-14/h1-9,11,19H,10,12H2. The number of hydrogen-bond donors (Lipinski definition) is 1. The monoisotopic (exact) mass is 333 g/mol. The second-order valence-electron chi connectivity index (χ2n) is 5.54. The van der Waals surface area contributed by atoms with Crippen molar-refractivity contribution in [2.45, 2.75) is 13.0 Å². The molecule has 0 amide bonds. The second kappa shape index (κ2) is 6.56. The van der Waals surface area contributed by atoms with Gasteiger partial charge in [-0.15, -0.1) is 5.10 Å². The third-order valence-electron chi connectivity index (χ3n) is 3.91. The van der Waals surface area contributed by atoms with Crippen LogP contribution in [0.2, 0.25) is 0 Å². The van der Waals surface area contributed by atoms with Crippen LogP contribution in [-0.2, 0) is 22.6 Å². The molecule has 0 radical (unpaired) electrons. The first kappa shape index (κ1) is 15.1. The maximum atomic E-state index is 12.2. The molecule has 0 unspecified atom stereocenters. The van der Waals surface area contributed by atoms with Crippen molar-refractivity contribution in [3.63, 3.8) is 0 Å². The lowest BCUT2D eigenvalue weighted by Gasteiger charge is -2.06. The number of benzene rings is 2. The first-order valence-corrected chi connectivity index (χ1v) is 7.84. The van der Waals surface area contributed by atoms with E-state index in [1.54, 1.807) is 4.68 Å². The molecule has 0 aliphatic heterocycles. The number of aromatic amines is 1. The number of para-hydroxylation sites is 2. The summed E-state index contributed by atoms with van der Waals surface area (Å²) in [6.45, 7) is 0.0169. The number of nitrogens with one attached hydrogen (secondary N) is 1. The number of carbonyl (C=O) groups is 1. The highest BCUT2D eigenvalue weighted by Gasteiger charge is 2.13. The first-order chi connectivity index (χ1) is 12.3. The van der Waals surface area contributed by atoms with E-state index in [4.69, 9.17) is 4.74 Å². The molecule has 0 spiro atoms. The molecule has 124 valence electrons. The second-order valence-corrected chi connectivity index (χ2v) is 5.54. The molecule has 7 nitrogen and oxygen atoms in total. The van der Waals surface area contributed by atoms with Gasteiger partial charge in [0.15, 0.2) is 12.4 Å². The molecule has 2 aromatic carbocycles. The van der Waals surface area contributed by atoms with Gasteiger partial charge in [0.1, 0.15) is 0 Å². The van der Waals surface area contributed by atoms with Crippen LogP contribution in [0.25, 0.3) is 16.6 Å². The van der Waals surface area contributed by atoms with Crippen LogP contribution in [-0.4, -0.2) is 31.2 Å². The minimum atomic E-state index is -0.327. The lowest BCUT2D eigenvalue weighted by Crippen LogP contribution is -2.11. The molecule has 0 saturated heterocycles. The van der Waals surface area contributed by atoms with Gasteiger partial charge in [-0.1, -0.05) is 36.4 Å². The van der Waals surface area contributed by atoms with Crippen LogP contribution >= 0.6 is 0 Å². The van der Waals surface area contributed by atoms with Crippen molar-refractivity contribution in [1.82, 2.24) is 25.2 Å². The van der Waals surface area contributed by atoms with E-state index in [1.165, 1.54) is 0 Å². The van der Waals surface area contributed by atoms with E-state index in [1.807, 2.05) is 60.8 Å². The van der Waals surface area contributed by atoms with Crippen molar-refractivity contribution in [3.05, 3.63) is 72.2 Å². The number of ether oxygens (including phenoxy) is 1. The molecule has 0 aliphatic rings. The Morgan fingerprint density at radius 1 is 1.08 bits per heavy atom. The van der Waals surface area contributed by atoms with E-state index in [2.05, 4.69) is 20.5 Å². The van der Waals surface area contributed by atoms with E-state index < -0.39 is 0 Å². The van der Waals surface area contributed by atoms with Gasteiger partial charge >= 0.3 is 5.97 Å². The highest BCUT2D eigenvalue weighted by Crippen LogP contribution is 2.18. The van der Waals surface area contributed by atoms with Crippen LogP contribution < -0.4 is 0 Å². The third-order valence-corrected chi connectivity index (χ3v) is 3.91. The van der Waals surface area contributed by atoms with Crippen molar-refractivity contribution in [2.24, 2.45) is 0 Å². The molecular weight excluding hydrogens is 318 g/mol. The SMILES string of the molecule is O=C(Cc1c[nH]c2ccccc12)OCc1nnnn1-c1ccccc1. The summed E-state index contributed by atoms with van der Waals surface area (Å²) in [5.74, 6) is 0.144. The molecule has 25 heavy (non-hydrogen) atoms. The normalized spacial score (nSPS) is 10.9. The fourth-order valence-electron chi connectivity index (χ4n) is 2.69. The van der Waals surface area contributed by atoms with Gasteiger partial charge in [0.25, 0.3) is 0 Å². The highest BCUT2D eigenvalue weighted by atomic mass is 16.5. The molecule has 2 heterocycles. The van der Waals surface area contributed by atoms with Crippen LogP contribution in [0.15, 0.2) is 60.8 Å². The van der Waals surface area contributed by atoms with Gasteiger partial charge in [0.05, 0.1) is 12.1 Å². The van der Waals surface area contributed by atoms with Crippen LogP contribution in [0.3, 0.4) is 0 Å². The maximum absolute atomic E-state index is 12.2. The Kier molecular flexibility index (Phi) is 3.96. The van der Waals surface area contributed by atoms with E-state index in [-0.39, 0.29) is 19.0 Å². The Morgan fingerprint density at radius 3 is 2.76 bits per heavy atom. The molecule has 1 N–H and O–H groups in total. The van der Waals surface area contributed by atoms with Crippen molar-refractivity contribution < 1.29 is 9.53 Å². The van der Waals surface area contributed by atoms with Crippen molar-refractivity contribution in [2.75, 3.05) is 0 Å². The van der Waals surface area contributed by atoms with Gasteiger partial charge < -0.3 is 9.72 Å². The summed E-state index contributed by atoms with van der Waals surface area (Å²) < 4.78 is 6.91. The Balaban J connectivity index is 1.44. The van der Waals surface area contributed by atoms with Gasteiger partial charge in [0.2, 0.25) is 0 Å². The van der Waals surface area contributed by atoms with Gasteiger partial charge in [-0.2, -0.15) is 4.68 Å². The summed E-state index contributed by atoms with van der Waals surface area (Å²) in [5, 5.41) is 12.6. The summed E-state index contributed by atoms with van der Waals surface area (Å²) >= 11 is 0. The quantitative estimate of drug-likeness (QED) is 0.567. The van der Waals surface area contributed by atoms with E-state index in [0.29, 0.717) is 5.82 Å². The smallest absolute Gasteiger partial charge is 0.310 e. The number of H-pyrrole nitrogens is 1. The minimum absolute atomic E-state index is 0.0169. The summed E-state index contributed by atoms with van der Waals surface area (Å²) in [6, 6.07) is 17.3. The lowest BCUT2D eigenvalue weighted by atomic mass is 10.1. The van der Waals surface area contributed by atoms with Gasteiger partial charge in [-0.25, -0.2) is 0 Å². The van der Waals surface area contributed by atoms with Gasteiger partial charge in [0, 0.05) is 17.1 Å². The number of carbonyl (C=O) groups excluding carboxylic acids is 1. The number of rotatable bonds is 5. The lowest BCUT2D eigenvalue weighted by molar-refractivity contribution is -0.144.